The molecule has 1 N–H and O–H groups in total. The van der Waals surface area contributed by atoms with Crippen LogP contribution in [0.2, 0.25) is 5.02 Å². The number of rotatable bonds is 5. The quantitative estimate of drug-likeness (QED) is 0.629. The summed E-state index contributed by atoms with van der Waals surface area (Å²) in [6, 6.07) is 8.67. The number of benzene rings is 1. The van der Waals surface area contributed by atoms with Gasteiger partial charge < -0.3 is 10.2 Å². The normalized spacial score (nSPS) is 19.5. The minimum atomic E-state index is -3.02. The smallest absolute Gasteiger partial charge is 0.263 e. The molecule has 1 amide bonds. The number of carbonyl (C=O) groups is 1. The lowest BCUT2D eigenvalue weighted by molar-refractivity contribution is -0.117. The van der Waals surface area contributed by atoms with E-state index < -0.39 is 15.7 Å². The van der Waals surface area contributed by atoms with Crippen molar-refractivity contribution in [3.8, 4) is 6.07 Å². The molecule has 1 aliphatic heterocycles. The van der Waals surface area contributed by atoms with Gasteiger partial charge in [-0.1, -0.05) is 23.7 Å². The summed E-state index contributed by atoms with van der Waals surface area (Å²) in [5, 5.41) is 12.5. The third kappa shape index (κ3) is 4.98. The summed E-state index contributed by atoms with van der Waals surface area (Å²) >= 11 is 5.80. The fourth-order valence-electron chi connectivity index (χ4n) is 2.42. The maximum Gasteiger partial charge on any atom is 0.263 e. The van der Waals surface area contributed by atoms with Crippen LogP contribution in [0.1, 0.15) is 12.0 Å². The van der Waals surface area contributed by atoms with E-state index in [-0.39, 0.29) is 29.7 Å². The van der Waals surface area contributed by atoms with Crippen LogP contribution in [0.4, 0.5) is 0 Å². The molecule has 1 saturated heterocycles. The third-order valence-electron chi connectivity index (χ3n) is 3.85. The molecule has 8 heteroatoms. The molecule has 1 fully saturated rings. The van der Waals surface area contributed by atoms with Gasteiger partial charge in [0.15, 0.2) is 9.84 Å². The van der Waals surface area contributed by atoms with Crippen LogP contribution in [-0.2, 0) is 21.2 Å². The number of sulfone groups is 1. The fraction of sp³-hybridized carbons (Fsp3) is 0.375. The van der Waals surface area contributed by atoms with Crippen LogP contribution >= 0.6 is 11.6 Å². The zero-order valence-electron chi connectivity index (χ0n) is 13.2. The van der Waals surface area contributed by atoms with Crippen molar-refractivity contribution < 1.29 is 13.2 Å². The summed E-state index contributed by atoms with van der Waals surface area (Å²) in [5.74, 6) is -0.314. The number of nitriles is 1. The van der Waals surface area contributed by atoms with E-state index in [1.54, 1.807) is 36.2 Å². The van der Waals surface area contributed by atoms with Gasteiger partial charge in [0, 0.05) is 30.9 Å². The van der Waals surface area contributed by atoms with Crippen molar-refractivity contribution in [3.63, 3.8) is 0 Å². The molecule has 0 bridgehead atoms. The number of carbonyl (C=O) groups excluding carboxylic acids is 1. The fourth-order valence-corrected chi connectivity index (χ4v) is 4.34. The zero-order chi connectivity index (χ0) is 17.7. The lowest BCUT2D eigenvalue weighted by atomic mass is 10.2. The Balaban J connectivity index is 1.98. The second-order valence-electron chi connectivity index (χ2n) is 5.69. The van der Waals surface area contributed by atoms with E-state index in [2.05, 4.69) is 5.32 Å². The van der Waals surface area contributed by atoms with Crippen molar-refractivity contribution in [3.05, 3.63) is 46.6 Å². The molecule has 1 unspecified atom stereocenters. The summed E-state index contributed by atoms with van der Waals surface area (Å²) in [5.41, 5.74) is 0.802. The number of halogens is 1. The van der Waals surface area contributed by atoms with E-state index in [1.807, 2.05) is 6.07 Å². The number of amides is 1. The Morgan fingerprint density at radius 2 is 2.12 bits per heavy atom. The van der Waals surface area contributed by atoms with Gasteiger partial charge in [0.05, 0.1) is 11.5 Å². The average Bonchev–Trinajstić information content (AvgIpc) is 2.91. The molecular formula is C16H18ClN3O3S. The Bertz CT molecular complexity index is 782. The van der Waals surface area contributed by atoms with Crippen LogP contribution in [0.3, 0.4) is 0 Å². The van der Waals surface area contributed by atoms with Crippen LogP contribution in [0.5, 0.6) is 0 Å². The maximum atomic E-state index is 12.1. The molecule has 0 radical (unpaired) electrons. The molecule has 1 aromatic carbocycles. The van der Waals surface area contributed by atoms with Crippen LogP contribution in [0.25, 0.3) is 0 Å². The highest BCUT2D eigenvalue weighted by Gasteiger charge is 2.30. The predicted octanol–water partition coefficient (Wildman–Crippen LogP) is 1.48. The summed E-state index contributed by atoms with van der Waals surface area (Å²) in [6.45, 7) is 0.274. The number of hydrogen-bond donors (Lipinski definition) is 1. The lowest BCUT2D eigenvalue weighted by Gasteiger charge is -2.21. The van der Waals surface area contributed by atoms with Gasteiger partial charge in [-0.15, -0.1) is 0 Å². The van der Waals surface area contributed by atoms with Crippen molar-refractivity contribution >= 4 is 27.3 Å². The van der Waals surface area contributed by atoms with Crippen molar-refractivity contribution in [2.24, 2.45) is 0 Å². The van der Waals surface area contributed by atoms with Crippen LogP contribution in [0, 0.1) is 11.3 Å². The molecule has 6 nitrogen and oxygen atoms in total. The van der Waals surface area contributed by atoms with Crippen molar-refractivity contribution in [2.75, 3.05) is 18.6 Å². The Kier molecular flexibility index (Phi) is 5.86. The Morgan fingerprint density at radius 1 is 1.46 bits per heavy atom. The highest BCUT2D eigenvalue weighted by atomic mass is 35.5. The van der Waals surface area contributed by atoms with Gasteiger partial charge in [0.25, 0.3) is 5.91 Å². The Morgan fingerprint density at radius 3 is 2.67 bits per heavy atom. The van der Waals surface area contributed by atoms with E-state index in [1.165, 1.54) is 6.20 Å². The minimum absolute atomic E-state index is 0.0467. The molecule has 2 rings (SSSR count). The van der Waals surface area contributed by atoms with E-state index in [0.29, 0.717) is 11.4 Å². The SMILES string of the molecule is CN(/C=C(/C#N)C(=O)NCc1ccc(Cl)cc1)C1CCS(=O)(=O)C1. The van der Waals surface area contributed by atoms with E-state index in [0.717, 1.165) is 5.56 Å². The second-order valence-corrected chi connectivity index (χ2v) is 8.35. The molecule has 1 heterocycles. The van der Waals surface area contributed by atoms with Crippen molar-refractivity contribution in [1.82, 2.24) is 10.2 Å². The first-order valence-corrected chi connectivity index (χ1v) is 9.57. The molecule has 1 aliphatic rings. The standard InChI is InChI=1S/C16H18ClN3O3S/c1-20(15-6-7-24(22,23)11-15)10-13(8-18)16(21)19-9-12-2-4-14(17)5-3-12/h2-5,10,15H,6-7,9,11H2,1H3,(H,19,21)/b13-10-. The first kappa shape index (κ1) is 18.3. The van der Waals surface area contributed by atoms with E-state index >= 15 is 0 Å². The summed E-state index contributed by atoms with van der Waals surface area (Å²) in [7, 11) is -1.34. The van der Waals surface area contributed by atoms with Crippen molar-refractivity contribution in [2.45, 2.75) is 19.0 Å². The molecular weight excluding hydrogens is 350 g/mol. The molecule has 0 aliphatic carbocycles. The molecule has 128 valence electrons. The van der Waals surface area contributed by atoms with Gasteiger partial charge in [-0.25, -0.2) is 8.42 Å². The van der Waals surface area contributed by atoms with Crippen molar-refractivity contribution in [1.29, 1.82) is 5.26 Å². The monoisotopic (exact) mass is 367 g/mol. The van der Waals surface area contributed by atoms with Gasteiger partial charge in [-0.3, -0.25) is 4.79 Å². The summed E-state index contributed by atoms with van der Waals surface area (Å²) in [4.78, 5) is 13.7. The second kappa shape index (κ2) is 7.69. The van der Waals surface area contributed by atoms with Gasteiger partial charge in [0.1, 0.15) is 11.6 Å². The Hall–Kier alpha value is -2.04. The van der Waals surface area contributed by atoms with Gasteiger partial charge in [-0.05, 0) is 24.1 Å². The topological polar surface area (TPSA) is 90.3 Å². The number of hydrogen-bond acceptors (Lipinski definition) is 5. The molecule has 1 aromatic rings. The van der Waals surface area contributed by atoms with Crippen LogP contribution in [0.15, 0.2) is 36.0 Å². The highest BCUT2D eigenvalue weighted by molar-refractivity contribution is 7.91. The first-order valence-electron chi connectivity index (χ1n) is 7.37. The first-order chi connectivity index (χ1) is 11.3. The molecule has 0 aromatic heterocycles. The molecule has 24 heavy (non-hydrogen) atoms. The Labute approximate surface area is 146 Å². The molecule has 1 atom stereocenters. The van der Waals surface area contributed by atoms with Gasteiger partial charge in [-0.2, -0.15) is 5.26 Å². The highest BCUT2D eigenvalue weighted by Crippen LogP contribution is 2.17. The molecule has 0 spiro atoms. The predicted molar refractivity (Wildman–Crippen MR) is 91.8 cm³/mol. The summed E-state index contributed by atoms with van der Waals surface area (Å²) in [6.07, 6.45) is 1.91. The number of nitrogens with one attached hydrogen (secondary N) is 1. The zero-order valence-corrected chi connectivity index (χ0v) is 14.8. The lowest BCUT2D eigenvalue weighted by Crippen LogP contribution is -2.31. The van der Waals surface area contributed by atoms with E-state index in [4.69, 9.17) is 11.6 Å². The minimum Gasteiger partial charge on any atom is -0.375 e. The third-order valence-corrected chi connectivity index (χ3v) is 5.85. The van der Waals surface area contributed by atoms with E-state index in [9.17, 15) is 18.5 Å². The van der Waals surface area contributed by atoms with Gasteiger partial charge >= 0.3 is 0 Å². The average molecular weight is 368 g/mol. The maximum absolute atomic E-state index is 12.1. The summed E-state index contributed by atoms with van der Waals surface area (Å²) < 4.78 is 23.0. The number of nitrogens with zero attached hydrogens (tertiary/aromatic N) is 2. The van der Waals surface area contributed by atoms with Crippen LogP contribution < -0.4 is 5.32 Å². The van der Waals surface area contributed by atoms with Gasteiger partial charge in [0.2, 0.25) is 0 Å². The van der Waals surface area contributed by atoms with Crippen LogP contribution in [-0.4, -0.2) is 43.8 Å². The largest absolute Gasteiger partial charge is 0.375 e. The molecule has 0 saturated carbocycles.